The van der Waals surface area contributed by atoms with Crippen LogP contribution in [-0.4, -0.2) is 14.7 Å². The molecular weight excluding hydrogens is 334 g/mol. The lowest BCUT2D eigenvalue weighted by molar-refractivity contribution is -0.384. The molecule has 2 aromatic carbocycles. The van der Waals surface area contributed by atoms with Crippen LogP contribution in [-0.2, 0) is 0 Å². The van der Waals surface area contributed by atoms with Gasteiger partial charge in [-0.2, -0.15) is 5.10 Å². The highest BCUT2D eigenvalue weighted by Crippen LogP contribution is 2.28. The van der Waals surface area contributed by atoms with Crippen LogP contribution in [0.5, 0.6) is 0 Å². The largest absolute Gasteiger partial charge is 0.271 e. The van der Waals surface area contributed by atoms with E-state index in [1.807, 2.05) is 30.5 Å². The second-order valence-corrected chi connectivity index (χ2v) is 5.28. The molecule has 0 spiro atoms. The van der Waals surface area contributed by atoms with Crippen molar-refractivity contribution in [2.24, 2.45) is 0 Å². The van der Waals surface area contributed by atoms with Crippen molar-refractivity contribution in [3.05, 3.63) is 75.5 Å². The Morgan fingerprint density at radius 1 is 1.14 bits per heavy atom. The van der Waals surface area contributed by atoms with Gasteiger partial charge in [-0.3, -0.25) is 10.1 Å². The Hall–Kier alpha value is -2.47. The van der Waals surface area contributed by atoms with E-state index in [-0.39, 0.29) is 5.69 Å². The van der Waals surface area contributed by atoms with Crippen molar-refractivity contribution in [3.8, 4) is 16.8 Å². The summed E-state index contributed by atoms with van der Waals surface area (Å²) < 4.78 is 2.60. The summed E-state index contributed by atoms with van der Waals surface area (Å²) in [5.74, 6) is 0. The van der Waals surface area contributed by atoms with Crippen LogP contribution < -0.4 is 0 Å². The average molecular weight is 344 g/mol. The van der Waals surface area contributed by atoms with Gasteiger partial charge in [0.25, 0.3) is 5.69 Å². The lowest BCUT2D eigenvalue weighted by Gasteiger charge is -2.01. The summed E-state index contributed by atoms with van der Waals surface area (Å²) >= 11 is 3.50. The van der Waals surface area contributed by atoms with Gasteiger partial charge >= 0.3 is 0 Å². The van der Waals surface area contributed by atoms with Gasteiger partial charge in [-0.25, -0.2) is 4.68 Å². The van der Waals surface area contributed by atoms with E-state index < -0.39 is 4.92 Å². The maximum absolute atomic E-state index is 10.8. The Kier molecular flexibility index (Phi) is 3.53. The highest BCUT2D eigenvalue weighted by atomic mass is 79.9. The van der Waals surface area contributed by atoms with Crippen LogP contribution in [0.3, 0.4) is 0 Å². The Morgan fingerprint density at radius 2 is 1.95 bits per heavy atom. The maximum Gasteiger partial charge on any atom is 0.271 e. The summed E-state index contributed by atoms with van der Waals surface area (Å²) in [6.45, 7) is 0. The maximum atomic E-state index is 10.8. The average Bonchev–Trinajstić information content (AvgIpc) is 2.97. The smallest absolute Gasteiger partial charge is 0.258 e. The first kappa shape index (κ1) is 13.5. The molecule has 0 aliphatic rings. The van der Waals surface area contributed by atoms with Gasteiger partial charge < -0.3 is 0 Å². The van der Waals surface area contributed by atoms with Gasteiger partial charge in [-0.05, 0) is 17.7 Å². The molecule has 5 nitrogen and oxygen atoms in total. The van der Waals surface area contributed by atoms with Crippen molar-refractivity contribution in [2.45, 2.75) is 0 Å². The fraction of sp³-hybridized carbons (Fsp3) is 0. The normalized spacial score (nSPS) is 10.5. The van der Waals surface area contributed by atoms with Crippen molar-refractivity contribution in [2.75, 3.05) is 0 Å². The van der Waals surface area contributed by atoms with Crippen LogP contribution in [0.15, 0.2) is 65.4 Å². The highest BCUT2D eigenvalue weighted by molar-refractivity contribution is 9.10. The molecule has 0 unspecified atom stereocenters. The molecule has 104 valence electrons. The summed E-state index contributed by atoms with van der Waals surface area (Å²) in [6, 6.07) is 14.2. The SMILES string of the molecule is O=[N+]([O-])c1cccc(-n2cc(-c3ccccc3Br)cn2)c1. The van der Waals surface area contributed by atoms with E-state index in [1.165, 1.54) is 12.1 Å². The van der Waals surface area contributed by atoms with E-state index in [1.54, 1.807) is 23.0 Å². The van der Waals surface area contributed by atoms with E-state index in [2.05, 4.69) is 21.0 Å². The molecule has 1 heterocycles. The Labute approximate surface area is 129 Å². The minimum absolute atomic E-state index is 0.0467. The number of hydrogen-bond acceptors (Lipinski definition) is 3. The van der Waals surface area contributed by atoms with Gasteiger partial charge in [0.1, 0.15) is 0 Å². The van der Waals surface area contributed by atoms with Gasteiger partial charge in [0.05, 0.1) is 16.8 Å². The van der Waals surface area contributed by atoms with Gasteiger partial charge in [-0.1, -0.05) is 40.2 Å². The van der Waals surface area contributed by atoms with Gasteiger partial charge in [0, 0.05) is 28.4 Å². The third-order valence-corrected chi connectivity index (χ3v) is 3.76. The summed E-state index contributed by atoms with van der Waals surface area (Å²) in [5, 5.41) is 15.1. The molecule has 1 aromatic heterocycles. The van der Waals surface area contributed by atoms with Gasteiger partial charge in [-0.15, -0.1) is 0 Å². The second-order valence-electron chi connectivity index (χ2n) is 4.43. The summed E-state index contributed by atoms with van der Waals surface area (Å²) in [4.78, 5) is 10.4. The zero-order valence-corrected chi connectivity index (χ0v) is 12.4. The van der Waals surface area contributed by atoms with Gasteiger partial charge in [0.2, 0.25) is 0 Å². The fourth-order valence-corrected chi connectivity index (χ4v) is 2.56. The molecule has 3 rings (SSSR count). The Balaban J connectivity index is 2.01. The molecular formula is C15H10BrN3O2. The van der Waals surface area contributed by atoms with Crippen LogP contribution in [0.4, 0.5) is 5.69 Å². The van der Waals surface area contributed by atoms with Crippen LogP contribution in [0.2, 0.25) is 0 Å². The van der Waals surface area contributed by atoms with Gasteiger partial charge in [0.15, 0.2) is 0 Å². The number of benzene rings is 2. The lowest BCUT2D eigenvalue weighted by atomic mass is 10.1. The van der Waals surface area contributed by atoms with Crippen molar-refractivity contribution in [1.29, 1.82) is 0 Å². The van der Waals surface area contributed by atoms with E-state index in [4.69, 9.17) is 0 Å². The topological polar surface area (TPSA) is 61.0 Å². The highest BCUT2D eigenvalue weighted by Gasteiger charge is 2.09. The molecule has 0 fully saturated rings. The number of hydrogen-bond donors (Lipinski definition) is 0. The molecule has 6 heteroatoms. The molecule has 0 radical (unpaired) electrons. The standard InChI is InChI=1S/C15H10BrN3O2/c16-15-7-2-1-6-14(15)11-9-17-18(10-11)12-4-3-5-13(8-12)19(20)21/h1-10H. The zero-order chi connectivity index (χ0) is 14.8. The first-order chi connectivity index (χ1) is 10.1. The zero-order valence-electron chi connectivity index (χ0n) is 10.8. The molecule has 0 amide bonds. The molecule has 0 atom stereocenters. The third kappa shape index (κ3) is 2.71. The lowest BCUT2D eigenvalue weighted by Crippen LogP contribution is -1.95. The molecule has 0 N–H and O–H groups in total. The summed E-state index contributed by atoms with van der Waals surface area (Å²) in [5.41, 5.74) is 2.66. The minimum atomic E-state index is -0.415. The first-order valence-corrected chi connectivity index (χ1v) is 6.99. The quantitative estimate of drug-likeness (QED) is 0.528. The molecule has 21 heavy (non-hydrogen) atoms. The molecule has 0 aliphatic carbocycles. The van der Waals surface area contributed by atoms with Crippen molar-refractivity contribution in [1.82, 2.24) is 9.78 Å². The molecule has 0 saturated carbocycles. The number of nitro groups is 1. The van der Waals surface area contributed by atoms with E-state index in [9.17, 15) is 10.1 Å². The number of rotatable bonds is 3. The number of nitro benzene ring substituents is 1. The van der Waals surface area contributed by atoms with Crippen molar-refractivity contribution >= 4 is 21.6 Å². The predicted molar refractivity (Wildman–Crippen MR) is 83.4 cm³/mol. The third-order valence-electron chi connectivity index (χ3n) is 3.07. The van der Waals surface area contributed by atoms with E-state index in [0.717, 1.165) is 15.6 Å². The summed E-state index contributed by atoms with van der Waals surface area (Å²) in [7, 11) is 0. The monoisotopic (exact) mass is 343 g/mol. The number of halogens is 1. The van der Waals surface area contributed by atoms with E-state index in [0.29, 0.717) is 5.69 Å². The Bertz CT molecular complexity index is 814. The van der Waals surface area contributed by atoms with Crippen LogP contribution in [0, 0.1) is 10.1 Å². The second kappa shape index (κ2) is 5.49. The molecule has 0 aliphatic heterocycles. The fourth-order valence-electron chi connectivity index (χ4n) is 2.05. The predicted octanol–water partition coefficient (Wildman–Crippen LogP) is 4.21. The van der Waals surface area contributed by atoms with E-state index >= 15 is 0 Å². The number of nitrogens with zero attached hydrogens (tertiary/aromatic N) is 3. The number of non-ortho nitro benzene ring substituents is 1. The molecule has 0 bridgehead atoms. The molecule has 0 saturated heterocycles. The van der Waals surface area contributed by atoms with Crippen LogP contribution >= 0.6 is 15.9 Å². The van der Waals surface area contributed by atoms with Crippen molar-refractivity contribution < 1.29 is 4.92 Å². The summed E-state index contributed by atoms with van der Waals surface area (Å²) in [6.07, 6.45) is 3.58. The first-order valence-electron chi connectivity index (χ1n) is 6.19. The van der Waals surface area contributed by atoms with Crippen LogP contribution in [0.1, 0.15) is 0 Å². The van der Waals surface area contributed by atoms with Crippen LogP contribution in [0.25, 0.3) is 16.8 Å². The van der Waals surface area contributed by atoms with Crippen molar-refractivity contribution in [3.63, 3.8) is 0 Å². The Morgan fingerprint density at radius 3 is 2.71 bits per heavy atom. The minimum Gasteiger partial charge on any atom is -0.258 e. The molecule has 3 aromatic rings. The number of aromatic nitrogens is 2.